The smallest absolute Gasteiger partial charge is 0.220 e. The average Bonchev–Trinajstić information content (AvgIpc) is 3.09. The van der Waals surface area contributed by atoms with Crippen LogP contribution in [0.1, 0.15) is 51.9 Å². The largest absolute Gasteiger partial charge is 0.356 e. The number of carbonyl (C=O) groups excluding carboxylic acids is 1. The molecule has 0 aromatic carbocycles. The van der Waals surface area contributed by atoms with E-state index in [1.165, 1.54) is 12.8 Å². The molecule has 16 heavy (non-hydrogen) atoms. The summed E-state index contributed by atoms with van der Waals surface area (Å²) in [6.45, 7) is 3.87. The summed E-state index contributed by atoms with van der Waals surface area (Å²) in [5.41, 5.74) is 5.41. The van der Waals surface area contributed by atoms with E-state index >= 15 is 0 Å². The molecule has 3 N–H and O–H groups in total. The number of nitrogens with two attached hydrogens (primary N) is 1. The summed E-state index contributed by atoms with van der Waals surface area (Å²) < 4.78 is 0. The molecular formula is C13H26N2O. The molecule has 1 saturated carbocycles. The van der Waals surface area contributed by atoms with Crippen molar-refractivity contribution in [3.05, 3.63) is 0 Å². The summed E-state index contributed by atoms with van der Waals surface area (Å²) in [5, 5.41) is 3.03. The van der Waals surface area contributed by atoms with Crippen molar-refractivity contribution in [1.82, 2.24) is 5.32 Å². The molecule has 0 aromatic heterocycles. The molecular weight excluding hydrogens is 200 g/mol. The van der Waals surface area contributed by atoms with Crippen LogP contribution in [-0.4, -0.2) is 19.0 Å². The Bertz CT molecular complexity index is 202. The van der Waals surface area contributed by atoms with Gasteiger partial charge < -0.3 is 11.1 Å². The molecule has 1 amide bonds. The highest BCUT2D eigenvalue weighted by Crippen LogP contribution is 2.36. The Morgan fingerprint density at radius 2 is 2.00 bits per heavy atom. The van der Waals surface area contributed by atoms with E-state index in [0.29, 0.717) is 12.3 Å². The maximum atomic E-state index is 11.5. The molecule has 1 aliphatic carbocycles. The van der Waals surface area contributed by atoms with Crippen LogP contribution in [0.25, 0.3) is 0 Å². The normalized spacial score (nSPS) is 17.1. The SMILES string of the molecule is CC(CNC(=O)CCCCCCN)C1CC1. The minimum absolute atomic E-state index is 0.222. The summed E-state index contributed by atoms with van der Waals surface area (Å²) in [6.07, 6.45) is 7.77. The fourth-order valence-electron chi connectivity index (χ4n) is 1.98. The second-order valence-corrected chi connectivity index (χ2v) is 5.07. The van der Waals surface area contributed by atoms with Crippen LogP contribution in [0.2, 0.25) is 0 Å². The van der Waals surface area contributed by atoms with E-state index in [1.54, 1.807) is 0 Å². The van der Waals surface area contributed by atoms with Gasteiger partial charge in [-0.25, -0.2) is 0 Å². The van der Waals surface area contributed by atoms with Gasteiger partial charge in [0.05, 0.1) is 0 Å². The van der Waals surface area contributed by atoms with E-state index in [9.17, 15) is 4.79 Å². The Morgan fingerprint density at radius 3 is 2.62 bits per heavy atom. The molecule has 1 rings (SSSR count). The molecule has 3 heteroatoms. The zero-order chi connectivity index (χ0) is 11.8. The predicted octanol–water partition coefficient (Wildman–Crippen LogP) is 2.06. The number of hydrogen-bond acceptors (Lipinski definition) is 2. The maximum Gasteiger partial charge on any atom is 0.220 e. The van der Waals surface area contributed by atoms with Crippen molar-refractivity contribution in [3.63, 3.8) is 0 Å². The van der Waals surface area contributed by atoms with Crippen LogP contribution in [0.4, 0.5) is 0 Å². The minimum atomic E-state index is 0.222. The molecule has 0 aromatic rings. The Labute approximate surface area is 99.2 Å². The second-order valence-electron chi connectivity index (χ2n) is 5.07. The van der Waals surface area contributed by atoms with Crippen LogP contribution in [0.15, 0.2) is 0 Å². The Hall–Kier alpha value is -0.570. The monoisotopic (exact) mass is 226 g/mol. The van der Waals surface area contributed by atoms with Crippen LogP contribution < -0.4 is 11.1 Å². The van der Waals surface area contributed by atoms with Crippen LogP contribution >= 0.6 is 0 Å². The summed E-state index contributed by atoms with van der Waals surface area (Å²) in [6, 6.07) is 0. The first-order chi connectivity index (χ1) is 7.74. The van der Waals surface area contributed by atoms with E-state index < -0.39 is 0 Å². The van der Waals surface area contributed by atoms with Gasteiger partial charge >= 0.3 is 0 Å². The predicted molar refractivity (Wildman–Crippen MR) is 67.0 cm³/mol. The van der Waals surface area contributed by atoms with E-state index in [0.717, 1.165) is 44.7 Å². The molecule has 0 bridgehead atoms. The topological polar surface area (TPSA) is 55.1 Å². The van der Waals surface area contributed by atoms with Crippen LogP contribution in [0, 0.1) is 11.8 Å². The number of amides is 1. The Balaban J connectivity index is 1.89. The van der Waals surface area contributed by atoms with Crippen LogP contribution in [-0.2, 0) is 4.79 Å². The summed E-state index contributed by atoms with van der Waals surface area (Å²) in [4.78, 5) is 11.5. The Morgan fingerprint density at radius 1 is 1.31 bits per heavy atom. The van der Waals surface area contributed by atoms with Crippen molar-refractivity contribution in [2.75, 3.05) is 13.1 Å². The van der Waals surface area contributed by atoms with Gasteiger partial charge in [-0.1, -0.05) is 19.8 Å². The fourth-order valence-corrected chi connectivity index (χ4v) is 1.98. The highest BCUT2D eigenvalue weighted by atomic mass is 16.1. The van der Waals surface area contributed by atoms with Crippen molar-refractivity contribution in [2.24, 2.45) is 17.6 Å². The lowest BCUT2D eigenvalue weighted by molar-refractivity contribution is -0.121. The molecule has 0 spiro atoms. The number of nitrogens with one attached hydrogen (secondary N) is 1. The highest BCUT2D eigenvalue weighted by Gasteiger charge is 2.27. The van der Waals surface area contributed by atoms with Gasteiger partial charge in [0, 0.05) is 13.0 Å². The zero-order valence-corrected chi connectivity index (χ0v) is 10.5. The third-order valence-electron chi connectivity index (χ3n) is 3.41. The first-order valence-electron chi connectivity index (χ1n) is 6.70. The Kier molecular flexibility index (Phi) is 6.46. The molecule has 1 unspecified atom stereocenters. The van der Waals surface area contributed by atoms with Gasteiger partial charge in [-0.05, 0) is 44.1 Å². The number of hydrogen-bond donors (Lipinski definition) is 2. The fraction of sp³-hybridized carbons (Fsp3) is 0.923. The molecule has 1 fully saturated rings. The first kappa shape index (κ1) is 13.5. The molecule has 0 aliphatic heterocycles. The van der Waals surface area contributed by atoms with E-state index in [2.05, 4.69) is 12.2 Å². The van der Waals surface area contributed by atoms with E-state index in [4.69, 9.17) is 5.73 Å². The van der Waals surface area contributed by atoms with Gasteiger partial charge in [-0.15, -0.1) is 0 Å². The van der Waals surface area contributed by atoms with Crippen molar-refractivity contribution in [2.45, 2.75) is 51.9 Å². The molecule has 94 valence electrons. The van der Waals surface area contributed by atoms with Gasteiger partial charge in [0.2, 0.25) is 5.91 Å². The van der Waals surface area contributed by atoms with Crippen molar-refractivity contribution in [1.29, 1.82) is 0 Å². The van der Waals surface area contributed by atoms with Gasteiger partial charge in [0.25, 0.3) is 0 Å². The lowest BCUT2D eigenvalue weighted by atomic mass is 10.1. The molecule has 0 heterocycles. The summed E-state index contributed by atoms with van der Waals surface area (Å²) >= 11 is 0. The number of unbranched alkanes of at least 4 members (excludes halogenated alkanes) is 3. The van der Waals surface area contributed by atoms with Crippen LogP contribution in [0.3, 0.4) is 0 Å². The molecule has 0 radical (unpaired) electrons. The van der Waals surface area contributed by atoms with Gasteiger partial charge in [-0.2, -0.15) is 0 Å². The lowest BCUT2D eigenvalue weighted by Crippen LogP contribution is -2.28. The molecule has 1 atom stereocenters. The second kappa shape index (κ2) is 7.66. The van der Waals surface area contributed by atoms with E-state index in [1.807, 2.05) is 0 Å². The highest BCUT2D eigenvalue weighted by molar-refractivity contribution is 5.75. The standard InChI is InChI=1S/C13H26N2O/c1-11(12-7-8-12)10-15-13(16)6-4-2-3-5-9-14/h11-12H,2-10,14H2,1H3,(H,15,16). The summed E-state index contributed by atoms with van der Waals surface area (Å²) in [5.74, 6) is 1.77. The van der Waals surface area contributed by atoms with E-state index in [-0.39, 0.29) is 5.91 Å². The minimum Gasteiger partial charge on any atom is -0.356 e. The number of rotatable bonds is 9. The van der Waals surface area contributed by atoms with Crippen molar-refractivity contribution in [3.8, 4) is 0 Å². The maximum absolute atomic E-state index is 11.5. The third kappa shape index (κ3) is 6.11. The average molecular weight is 226 g/mol. The van der Waals surface area contributed by atoms with Crippen molar-refractivity contribution < 1.29 is 4.79 Å². The van der Waals surface area contributed by atoms with Gasteiger partial charge in [0.1, 0.15) is 0 Å². The molecule has 1 aliphatic rings. The lowest BCUT2D eigenvalue weighted by Gasteiger charge is -2.11. The third-order valence-corrected chi connectivity index (χ3v) is 3.41. The van der Waals surface area contributed by atoms with Gasteiger partial charge in [-0.3, -0.25) is 4.79 Å². The quantitative estimate of drug-likeness (QED) is 0.591. The first-order valence-corrected chi connectivity index (χ1v) is 6.70. The molecule has 3 nitrogen and oxygen atoms in total. The van der Waals surface area contributed by atoms with Gasteiger partial charge in [0.15, 0.2) is 0 Å². The van der Waals surface area contributed by atoms with Crippen LogP contribution in [0.5, 0.6) is 0 Å². The zero-order valence-electron chi connectivity index (χ0n) is 10.5. The summed E-state index contributed by atoms with van der Waals surface area (Å²) in [7, 11) is 0. The molecule has 0 saturated heterocycles. The number of carbonyl (C=O) groups is 1. The van der Waals surface area contributed by atoms with Crippen molar-refractivity contribution >= 4 is 5.91 Å².